The van der Waals surface area contributed by atoms with Crippen LogP contribution in [0.4, 0.5) is 5.69 Å². The lowest BCUT2D eigenvalue weighted by Gasteiger charge is -2.24. The lowest BCUT2D eigenvalue weighted by molar-refractivity contribution is 0.479. The fourth-order valence-electron chi connectivity index (χ4n) is 3.60. The Labute approximate surface area is 166 Å². The van der Waals surface area contributed by atoms with Gasteiger partial charge in [0.2, 0.25) is 0 Å². The molecule has 27 heavy (non-hydrogen) atoms. The molecule has 1 aliphatic heterocycles. The second-order valence-corrected chi connectivity index (χ2v) is 8.04. The number of hydrogen-bond donors (Lipinski definition) is 0. The molecular weight excluding hydrogens is 350 g/mol. The monoisotopic (exact) mass is 375 g/mol. The molecule has 3 heteroatoms. The van der Waals surface area contributed by atoms with Crippen LogP contribution in [0, 0.1) is 0 Å². The summed E-state index contributed by atoms with van der Waals surface area (Å²) >= 11 is 2.03. The maximum absolute atomic E-state index is 6.23. The molecule has 2 nitrogen and oxygen atoms in total. The van der Waals surface area contributed by atoms with Gasteiger partial charge in [0.1, 0.15) is 11.5 Å². The standard InChI is InChI=1S/C24H25NOS/c1-2-25(20-11-4-3-5-12-20)16-17-27-24-18-19-10-6-8-14-22(19)26-23-15-9-7-13-21(23)24/h3-15,24H,2,16-18H2,1H3. The van der Waals surface area contributed by atoms with E-state index in [1.807, 2.05) is 17.8 Å². The number of rotatable bonds is 6. The summed E-state index contributed by atoms with van der Waals surface area (Å²) < 4.78 is 6.23. The highest BCUT2D eigenvalue weighted by atomic mass is 32.2. The minimum absolute atomic E-state index is 0.416. The van der Waals surface area contributed by atoms with E-state index in [4.69, 9.17) is 4.74 Å². The number of ether oxygens (including phenoxy) is 1. The number of anilines is 1. The summed E-state index contributed by atoms with van der Waals surface area (Å²) in [5.41, 5.74) is 3.90. The number of hydrogen-bond acceptors (Lipinski definition) is 3. The summed E-state index contributed by atoms with van der Waals surface area (Å²) in [4.78, 5) is 2.44. The second-order valence-electron chi connectivity index (χ2n) is 6.73. The number of fused-ring (bicyclic) bond motifs is 2. The van der Waals surface area contributed by atoms with Crippen molar-refractivity contribution in [2.24, 2.45) is 0 Å². The molecule has 0 amide bonds. The molecule has 0 saturated heterocycles. The van der Waals surface area contributed by atoms with E-state index in [9.17, 15) is 0 Å². The molecule has 4 rings (SSSR count). The fraction of sp³-hybridized carbons (Fsp3) is 0.250. The Kier molecular flexibility index (Phi) is 5.69. The number of benzene rings is 3. The maximum Gasteiger partial charge on any atom is 0.131 e. The summed E-state index contributed by atoms with van der Waals surface area (Å²) in [6.45, 7) is 4.30. The quantitative estimate of drug-likeness (QED) is 0.499. The van der Waals surface area contributed by atoms with Crippen molar-refractivity contribution >= 4 is 17.4 Å². The maximum atomic E-state index is 6.23. The van der Waals surface area contributed by atoms with Gasteiger partial charge in [-0.25, -0.2) is 0 Å². The van der Waals surface area contributed by atoms with E-state index < -0.39 is 0 Å². The molecule has 0 fully saturated rings. The third-order valence-corrected chi connectivity index (χ3v) is 6.29. The van der Waals surface area contributed by atoms with Crippen LogP contribution >= 0.6 is 11.8 Å². The van der Waals surface area contributed by atoms with E-state index in [0.29, 0.717) is 5.25 Å². The van der Waals surface area contributed by atoms with E-state index in [2.05, 4.69) is 84.6 Å². The lowest BCUT2D eigenvalue weighted by Crippen LogP contribution is -2.25. The van der Waals surface area contributed by atoms with E-state index in [1.165, 1.54) is 16.8 Å². The number of nitrogens with zero attached hydrogens (tertiary/aromatic N) is 1. The summed E-state index contributed by atoms with van der Waals surface area (Å²) in [5, 5.41) is 0.416. The molecular formula is C24H25NOS. The predicted octanol–water partition coefficient (Wildman–Crippen LogP) is 6.34. The molecule has 1 heterocycles. The van der Waals surface area contributed by atoms with Crippen LogP contribution in [0.25, 0.3) is 0 Å². The van der Waals surface area contributed by atoms with Gasteiger partial charge in [0.15, 0.2) is 0 Å². The predicted molar refractivity (Wildman–Crippen MR) is 116 cm³/mol. The summed E-state index contributed by atoms with van der Waals surface area (Å²) in [6.07, 6.45) is 1.01. The minimum atomic E-state index is 0.416. The molecule has 0 saturated carbocycles. The van der Waals surface area contributed by atoms with Gasteiger partial charge in [0, 0.05) is 35.3 Å². The van der Waals surface area contributed by atoms with Crippen LogP contribution in [-0.4, -0.2) is 18.8 Å². The normalized spacial score (nSPS) is 15.2. The van der Waals surface area contributed by atoms with Gasteiger partial charge in [-0.2, -0.15) is 11.8 Å². The van der Waals surface area contributed by atoms with Crippen molar-refractivity contribution in [3.8, 4) is 11.5 Å². The van der Waals surface area contributed by atoms with E-state index in [1.54, 1.807) is 0 Å². The molecule has 0 N–H and O–H groups in total. The van der Waals surface area contributed by atoms with E-state index in [0.717, 1.165) is 36.8 Å². The van der Waals surface area contributed by atoms with Crippen LogP contribution < -0.4 is 9.64 Å². The Hall–Kier alpha value is -2.39. The average molecular weight is 376 g/mol. The zero-order chi connectivity index (χ0) is 18.5. The molecule has 3 aromatic rings. The van der Waals surface area contributed by atoms with E-state index >= 15 is 0 Å². The van der Waals surface area contributed by atoms with Gasteiger partial charge in [0.25, 0.3) is 0 Å². The van der Waals surface area contributed by atoms with Crippen molar-refractivity contribution in [1.82, 2.24) is 0 Å². The zero-order valence-electron chi connectivity index (χ0n) is 15.7. The van der Waals surface area contributed by atoms with Crippen molar-refractivity contribution < 1.29 is 4.74 Å². The first-order chi connectivity index (χ1) is 13.3. The third kappa shape index (κ3) is 4.14. The molecule has 3 aromatic carbocycles. The Morgan fingerprint density at radius 1 is 0.889 bits per heavy atom. The van der Waals surface area contributed by atoms with Crippen molar-refractivity contribution in [2.75, 3.05) is 23.7 Å². The van der Waals surface area contributed by atoms with Crippen LogP contribution in [0.5, 0.6) is 11.5 Å². The first-order valence-corrected chi connectivity index (χ1v) is 10.7. The minimum Gasteiger partial charge on any atom is -0.457 e. The van der Waals surface area contributed by atoms with Crippen molar-refractivity contribution in [1.29, 1.82) is 0 Å². The topological polar surface area (TPSA) is 12.5 Å². The summed E-state index contributed by atoms with van der Waals surface area (Å²) in [7, 11) is 0. The molecule has 1 atom stereocenters. The fourth-order valence-corrected chi connectivity index (χ4v) is 4.88. The highest BCUT2D eigenvalue weighted by molar-refractivity contribution is 7.99. The molecule has 1 aliphatic rings. The number of thioether (sulfide) groups is 1. The van der Waals surface area contributed by atoms with Crippen LogP contribution in [0.1, 0.15) is 23.3 Å². The van der Waals surface area contributed by atoms with Gasteiger partial charge in [-0.1, -0.05) is 54.6 Å². The summed E-state index contributed by atoms with van der Waals surface area (Å²) in [5.74, 6) is 3.08. The highest BCUT2D eigenvalue weighted by Crippen LogP contribution is 2.44. The smallest absolute Gasteiger partial charge is 0.131 e. The van der Waals surface area contributed by atoms with Gasteiger partial charge >= 0.3 is 0 Å². The molecule has 0 spiro atoms. The molecule has 0 bridgehead atoms. The van der Waals surface area contributed by atoms with Crippen LogP contribution in [0.15, 0.2) is 78.9 Å². The Balaban J connectivity index is 1.49. The largest absolute Gasteiger partial charge is 0.457 e. The lowest BCUT2D eigenvalue weighted by atomic mass is 10.0. The average Bonchev–Trinajstić information content (AvgIpc) is 2.88. The third-order valence-electron chi connectivity index (χ3n) is 5.05. The zero-order valence-corrected chi connectivity index (χ0v) is 16.5. The highest BCUT2D eigenvalue weighted by Gasteiger charge is 2.23. The molecule has 138 valence electrons. The van der Waals surface area contributed by atoms with Crippen molar-refractivity contribution in [3.63, 3.8) is 0 Å². The summed E-state index contributed by atoms with van der Waals surface area (Å²) in [6, 6.07) is 27.6. The molecule has 0 radical (unpaired) electrons. The molecule has 0 aromatic heterocycles. The van der Waals surface area contributed by atoms with Crippen LogP contribution in [0.3, 0.4) is 0 Å². The van der Waals surface area contributed by atoms with E-state index in [-0.39, 0.29) is 0 Å². The SMILES string of the molecule is CCN(CCSC1Cc2ccccc2Oc2ccccc21)c1ccccc1. The van der Waals surface area contributed by atoms with Crippen LogP contribution in [-0.2, 0) is 6.42 Å². The Bertz CT molecular complexity index is 880. The molecule has 1 unspecified atom stereocenters. The molecule has 0 aliphatic carbocycles. The van der Waals surface area contributed by atoms with Crippen molar-refractivity contribution in [2.45, 2.75) is 18.6 Å². The van der Waals surface area contributed by atoms with Gasteiger partial charge in [-0.05, 0) is 43.2 Å². The second kappa shape index (κ2) is 8.53. The number of para-hydroxylation sites is 3. The van der Waals surface area contributed by atoms with Crippen LogP contribution in [0.2, 0.25) is 0 Å². The first kappa shape index (κ1) is 18.0. The van der Waals surface area contributed by atoms with Gasteiger partial charge < -0.3 is 9.64 Å². The van der Waals surface area contributed by atoms with Crippen molar-refractivity contribution in [3.05, 3.63) is 90.0 Å². The van der Waals surface area contributed by atoms with Gasteiger partial charge in [-0.3, -0.25) is 0 Å². The van der Waals surface area contributed by atoms with Gasteiger partial charge in [-0.15, -0.1) is 0 Å². The Morgan fingerprint density at radius 3 is 2.41 bits per heavy atom. The Morgan fingerprint density at radius 2 is 1.59 bits per heavy atom. The first-order valence-electron chi connectivity index (χ1n) is 9.61. The van der Waals surface area contributed by atoms with Gasteiger partial charge in [0.05, 0.1) is 0 Å².